The van der Waals surface area contributed by atoms with E-state index in [0.717, 1.165) is 5.56 Å². The second kappa shape index (κ2) is 10.1. The standard InChI is InChI=1S/C21H26ClN3O2/c1-4-25(5-2)21(27)20(16-9-7-6-8-10-16)24(3)15-19(26)23-18-13-11-17(22)12-14-18/h6-14,20H,4-5,15H2,1-3H3,(H,23,26)/t20-/m1/s1. The molecule has 0 fully saturated rings. The summed E-state index contributed by atoms with van der Waals surface area (Å²) in [5, 5.41) is 3.45. The Balaban J connectivity index is 2.15. The highest BCUT2D eigenvalue weighted by molar-refractivity contribution is 6.30. The van der Waals surface area contributed by atoms with Crippen LogP contribution in [0.25, 0.3) is 0 Å². The van der Waals surface area contributed by atoms with Crippen molar-refractivity contribution < 1.29 is 9.59 Å². The van der Waals surface area contributed by atoms with Gasteiger partial charge in [0, 0.05) is 23.8 Å². The second-order valence-electron chi connectivity index (χ2n) is 6.29. The van der Waals surface area contributed by atoms with Crippen LogP contribution >= 0.6 is 11.6 Å². The van der Waals surface area contributed by atoms with Crippen molar-refractivity contribution in [1.29, 1.82) is 0 Å². The van der Waals surface area contributed by atoms with Crippen LogP contribution in [0, 0.1) is 0 Å². The Hall–Kier alpha value is -2.37. The molecule has 2 aromatic rings. The lowest BCUT2D eigenvalue weighted by Gasteiger charge is -2.31. The Kier molecular flexibility index (Phi) is 7.82. The van der Waals surface area contributed by atoms with E-state index in [1.54, 1.807) is 41.1 Å². The van der Waals surface area contributed by atoms with Gasteiger partial charge in [-0.15, -0.1) is 0 Å². The molecule has 0 aliphatic heterocycles. The Bertz CT molecular complexity index is 746. The highest BCUT2D eigenvalue weighted by atomic mass is 35.5. The van der Waals surface area contributed by atoms with E-state index in [9.17, 15) is 9.59 Å². The highest BCUT2D eigenvalue weighted by Gasteiger charge is 2.29. The van der Waals surface area contributed by atoms with Crippen molar-refractivity contribution >= 4 is 29.1 Å². The van der Waals surface area contributed by atoms with Crippen molar-refractivity contribution in [3.05, 3.63) is 65.2 Å². The van der Waals surface area contributed by atoms with Crippen LogP contribution in [0.1, 0.15) is 25.5 Å². The fourth-order valence-corrected chi connectivity index (χ4v) is 3.11. The third-order valence-corrected chi connectivity index (χ3v) is 4.64. The van der Waals surface area contributed by atoms with E-state index in [1.165, 1.54) is 0 Å². The largest absolute Gasteiger partial charge is 0.342 e. The molecule has 0 radical (unpaired) electrons. The van der Waals surface area contributed by atoms with Gasteiger partial charge in [-0.3, -0.25) is 14.5 Å². The number of carbonyl (C=O) groups excluding carboxylic acids is 2. The molecule has 2 amide bonds. The van der Waals surface area contributed by atoms with Crippen LogP contribution in [-0.4, -0.2) is 48.3 Å². The van der Waals surface area contributed by atoms with Crippen molar-refractivity contribution in [2.75, 3.05) is 32.0 Å². The first-order valence-electron chi connectivity index (χ1n) is 9.05. The van der Waals surface area contributed by atoms with E-state index in [0.29, 0.717) is 23.8 Å². The highest BCUT2D eigenvalue weighted by Crippen LogP contribution is 2.22. The second-order valence-corrected chi connectivity index (χ2v) is 6.73. The molecule has 5 nitrogen and oxygen atoms in total. The number of nitrogens with one attached hydrogen (secondary N) is 1. The Labute approximate surface area is 165 Å². The third kappa shape index (κ3) is 5.81. The quantitative estimate of drug-likeness (QED) is 0.749. The smallest absolute Gasteiger partial charge is 0.244 e. The predicted molar refractivity (Wildman–Crippen MR) is 110 cm³/mol. The molecule has 0 unspecified atom stereocenters. The van der Waals surface area contributed by atoms with Gasteiger partial charge < -0.3 is 10.2 Å². The minimum Gasteiger partial charge on any atom is -0.342 e. The summed E-state index contributed by atoms with van der Waals surface area (Å²) < 4.78 is 0. The third-order valence-electron chi connectivity index (χ3n) is 4.39. The van der Waals surface area contributed by atoms with E-state index < -0.39 is 6.04 Å². The van der Waals surface area contributed by atoms with Gasteiger partial charge in [-0.05, 0) is 50.7 Å². The summed E-state index contributed by atoms with van der Waals surface area (Å²) in [6, 6.07) is 16.0. The molecule has 0 bridgehead atoms. The SMILES string of the molecule is CCN(CC)C(=O)[C@@H](c1ccccc1)N(C)CC(=O)Nc1ccc(Cl)cc1. The molecule has 0 saturated carbocycles. The molecule has 0 aliphatic rings. The molecule has 27 heavy (non-hydrogen) atoms. The molecule has 1 atom stereocenters. The van der Waals surface area contributed by atoms with E-state index in [1.807, 2.05) is 44.2 Å². The number of benzene rings is 2. The molecule has 0 spiro atoms. The maximum Gasteiger partial charge on any atom is 0.244 e. The molecule has 2 rings (SSSR count). The maximum absolute atomic E-state index is 13.1. The number of rotatable bonds is 8. The first-order chi connectivity index (χ1) is 13.0. The number of likely N-dealkylation sites (N-methyl/N-ethyl adjacent to an activating group) is 2. The molecule has 6 heteroatoms. The zero-order valence-corrected chi connectivity index (χ0v) is 16.7. The van der Waals surface area contributed by atoms with Gasteiger partial charge in [0.25, 0.3) is 0 Å². The maximum atomic E-state index is 13.1. The van der Waals surface area contributed by atoms with Gasteiger partial charge in [0.1, 0.15) is 6.04 Å². The molecule has 2 aromatic carbocycles. The molecule has 1 N–H and O–H groups in total. The molecular formula is C21H26ClN3O2. The van der Waals surface area contributed by atoms with Crippen molar-refractivity contribution in [3.8, 4) is 0 Å². The van der Waals surface area contributed by atoms with Gasteiger partial charge in [-0.25, -0.2) is 0 Å². The zero-order valence-electron chi connectivity index (χ0n) is 16.0. The van der Waals surface area contributed by atoms with Crippen LogP contribution in [-0.2, 0) is 9.59 Å². The van der Waals surface area contributed by atoms with Crippen LogP contribution < -0.4 is 5.32 Å². The minimum absolute atomic E-state index is 0.00649. The lowest BCUT2D eigenvalue weighted by Crippen LogP contribution is -2.44. The Morgan fingerprint density at radius 2 is 1.59 bits per heavy atom. The summed E-state index contributed by atoms with van der Waals surface area (Å²) in [6.07, 6.45) is 0. The summed E-state index contributed by atoms with van der Waals surface area (Å²) in [4.78, 5) is 29.1. The van der Waals surface area contributed by atoms with Gasteiger partial charge in [0.2, 0.25) is 11.8 Å². The number of carbonyl (C=O) groups is 2. The number of halogens is 1. The van der Waals surface area contributed by atoms with Gasteiger partial charge in [0.05, 0.1) is 6.54 Å². The van der Waals surface area contributed by atoms with Crippen LogP contribution in [0.2, 0.25) is 5.02 Å². The van der Waals surface area contributed by atoms with E-state index >= 15 is 0 Å². The number of anilines is 1. The van der Waals surface area contributed by atoms with Crippen LogP contribution in [0.4, 0.5) is 5.69 Å². The Morgan fingerprint density at radius 1 is 1.00 bits per heavy atom. The van der Waals surface area contributed by atoms with E-state index in [2.05, 4.69) is 5.32 Å². The van der Waals surface area contributed by atoms with Gasteiger partial charge in [-0.2, -0.15) is 0 Å². The summed E-state index contributed by atoms with van der Waals surface area (Å²) in [7, 11) is 1.79. The van der Waals surface area contributed by atoms with Gasteiger partial charge >= 0.3 is 0 Å². The summed E-state index contributed by atoms with van der Waals surface area (Å²) >= 11 is 5.87. The molecule has 0 aliphatic carbocycles. The van der Waals surface area contributed by atoms with Crippen LogP contribution in [0.5, 0.6) is 0 Å². The number of hydrogen-bond acceptors (Lipinski definition) is 3. The van der Waals surface area contributed by atoms with Crippen molar-refractivity contribution in [1.82, 2.24) is 9.80 Å². The summed E-state index contributed by atoms with van der Waals surface area (Å²) in [6.45, 7) is 5.26. The van der Waals surface area contributed by atoms with E-state index in [4.69, 9.17) is 11.6 Å². The van der Waals surface area contributed by atoms with Gasteiger partial charge in [0.15, 0.2) is 0 Å². The number of nitrogens with zero attached hydrogens (tertiary/aromatic N) is 2. The number of amides is 2. The lowest BCUT2D eigenvalue weighted by atomic mass is 10.0. The molecule has 0 saturated heterocycles. The molecule has 0 heterocycles. The normalized spacial score (nSPS) is 11.9. The Morgan fingerprint density at radius 3 is 2.15 bits per heavy atom. The van der Waals surface area contributed by atoms with Crippen LogP contribution in [0.15, 0.2) is 54.6 Å². The van der Waals surface area contributed by atoms with Crippen molar-refractivity contribution in [2.24, 2.45) is 0 Å². The average molecular weight is 388 g/mol. The minimum atomic E-state index is -0.512. The average Bonchev–Trinajstić information content (AvgIpc) is 2.65. The predicted octanol–water partition coefficient (Wildman–Crippen LogP) is 3.82. The zero-order chi connectivity index (χ0) is 19.8. The first-order valence-corrected chi connectivity index (χ1v) is 9.43. The molecule has 144 valence electrons. The van der Waals surface area contributed by atoms with Crippen LogP contribution in [0.3, 0.4) is 0 Å². The first kappa shape index (κ1) is 20.9. The molecule has 0 aromatic heterocycles. The summed E-state index contributed by atoms with van der Waals surface area (Å²) in [5.74, 6) is -0.193. The fourth-order valence-electron chi connectivity index (χ4n) is 2.98. The molecular weight excluding hydrogens is 362 g/mol. The van der Waals surface area contributed by atoms with Crippen molar-refractivity contribution in [3.63, 3.8) is 0 Å². The topological polar surface area (TPSA) is 52.7 Å². The monoisotopic (exact) mass is 387 g/mol. The number of hydrogen-bond donors (Lipinski definition) is 1. The fraction of sp³-hybridized carbons (Fsp3) is 0.333. The lowest BCUT2D eigenvalue weighted by molar-refractivity contribution is -0.137. The van der Waals surface area contributed by atoms with E-state index in [-0.39, 0.29) is 18.4 Å². The summed E-state index contributed by atoms with van der Waals surface area (Å²) in [5.41, 5.74) is 1.54. The van der Waals surface area contributed by atoms with Crippen molar-refractivity contribution in [2.45, 2.75) is 19.9 Å². The van der Waals surface area contributed by atoms with Gasteiger partial charge in [-0.1, -0.05) is 41.9 Å².